The lowest BCUT2D eigenvalue weighted by molar-refractivity contribution is -0.124. The Balaban J connectivity index is 2.38. The molecule has 1 unspecified atom stereocenters. The standard InChI is InChI=1S/C13H16N4O2/c1-16-13(18)12-8-19-5-4-17(12)11-3-2-10(15)6-9(11)7-14/h2-3,6,12H,4-5,8,15H2,1H3,(H,16,18). The molecule has 19 heavy (non-hydrogen) atoms. The Labute approximate surface area is 111 Å². The van der Waals surface area contributed by atoms with Gasteiger partial charge in [-0.05, 0) is 18.2 Å². The van der Waals surface area contributed by atoms with Gasteiger partial charge < -0.3 is 20.7 Å². The van der Waals surface area contributed by atoms with Crippen LogP contribution in [0.5, 0.6) is 0 Å². The highest BCUT2D eigenvalue weighted by Gasteiger charge is 2.30. The molecule has 100 valence electrons. The summed E-state index contributed by atoms with van der Waals surface area (Å²) >= 11 is 0. The number of amides is 1. The second-order valence-electron chi connectivity index (χ2n) is 4.29. The Bertz CT molecular complexity index is 524. The molecule has 0 spiro atoms. The van der Waals surface area contributed by atoms with Crippen LogP contribution in [0.15, 0.2) is 18.2 Å². The van der Waals surface area contributed by atoms with Gasteiger partial charge in [0.25, 0.3) is 0 Å². The van der Waals surface area contributed by atoms with E-state index in [9.17, 15) is 10.1 Å². The summed E-state index contributed by atoms with van der Waals surface area (Å²) in [6.45, 7) is 1.41. The minimum absolute atomic E-state index is 0.125. The van der Waals surface area contributed by atoms with Crippen molar-refractivity contribution in [1.82, 2.24) is 5.32 Å². The molecule has 1 fully saturated rings. The number of likely N-dealkylation sites (N-methyl/N-ethyl adjacent to an activating group) is 1. The fraction of sp³-hybridized carbons (Fsp3) is 0.385. The Morgan fingerprint density at radius 3 is 3.11 bits per heavy atom. The summed E-state index contributed by atoms with van der Waals surface area (Å²) in [7, 11) is 1.59. The monoisotopic (exact) mass is 260 g/mol. The lowest BCUT2D eigenvalue weighted by Crippen LogP contribution is -2.53. The SMILES string of the molecule is CNC(=O)C1COCCN1c1ccc(N)cc1C#N. The van der Waals surface area contributed by atoms with Crippen LogP contribution in [0.1, 0.15) is 5.56 Å². The number of rotatable bonds is 2. The Morgan fingerprint density at radius 1 is 1.63 bits per heavy atom. The van der Waals surface area contributed by atoms with Crippen molar-refractivity contribution in [3.63, 3.8) is 0 Å². The Kier molecular flexibility index (Phi) is 3.88. The number of hydrogen-bond acceptors (Lipinski definition) is 5. The first kappa shape index (κ1) is 13.2. The molecule has 1 aromatic carbocycles. The average Bonchev–Trinajstić information content (AvgIpc) is 2.46. The predicted molar refractivity (Wildman–Crippen MR) is 71.6 cm³/mol. The number of nitrogens with one attached hydrogen (secondary N) is 1. The van der Waals surface area contributed by atoms with Crippen molar-refractivity contribution in [2.45, 2.75) is 6.04 Å². The molecule has 1 amide bonds. The molecule has 3 N–H and O–H groups in total. The number of anilines is 2. The second kappa shape index (κ2) is 5.59. The molecule has 1 aromatic rings. The van der Waals surface area contributed by atoms with Gasteiger partial charge in [-0.3, -0.25) is 4.79 Å². The van der Waals surface area contributed by atoms with Gasteiger partial charge in [0, 0.05) is 19.3 Å². The van der Waals surface area contributed by atoms with Crippen LogP contribution in [0.4, 0.5) is 11.4 Å². The summed E-state index contributed by atoms with van der Waals surface area (Å²) in [5.41, 5.74) is 7.40. The molecule has 0 radical (unpaired) electrons. The third-order valence-corrected chi connectivity index (χ3v) is 3.13. The minimum Gasteiger partial charge on any atom is -0.399 e. The first-order valence-electron chi connectivity index (χ1n) is 6.03. The van der Waals surface area contributed by atoms with Gasteiger partial charge in [-0.25, -0.2) is 0 Å². The molecule has 1 aliphatic heterocycles. The van der Waals surface area contributed by atoms with E-state index in [1.54, 1.807) is 25.2 Å². The third-order valence-electron chi connectivity index (χ3n) is 3.13. The maximum Gasteiger partial charge on any atom is 0.244 e. The topological polar surface area (TPSA) is 91.4 Å². The van der Waals surface area contributed by atoms with E-state index in [-0.39, 0.29) is 5.91 Å². The number of ether oxygens (including phenoxy) is 1. The molecule has 6 heteroatoms. The number of nitriles is 1. The van der Waals surface area contributed by atoms with Crippen molar-refractivity contribution in [2.75, 3.05) is 37.4 Å². The van der Waals surface area contributed by atoms with Gasteiger partial charge in [-0.2, -0.15) is 5.26 Å². The summed E-state index contributed by atoms with van der Waals surface area (Å²) in [5, 5.41) is 11.8. The average molecular weight is 260 g/mol. The molecule has 6 nitrogen and oxygen atoms in total. The minimum atomic E-state index is -0.422. The van der Waals surface area contributed by atoms with Crippen LogP contribution in [0, 0.1) is 11.3 Å². The molecular formula is C13H16N4O2. The van der Waals surface area contributed by atoms with E-state index >= 15 is 0 Å². The van der Waals surface area contributed by atoms with Gasteiger partial charge in [0.1, 0.15) is 12.1 Å². The highest BCUT2D eigenvalue weighted by atomic mass is 16.5. The second-order valence-corrected chi connectivity index (χ2v) is 4.29. The summed E-state index contributed by atoms with van der Waals surface area (Å²) in [5.74, 6) is -0.125. The number of hydrogen-bond donors (Lipinski definition) is 2. The van der Waals surface area contributed by atoms with Crippen LogP contribution in [0.3, 0.4) is 0 Å². The quantitative estimate of drug-likeness (QED) is 0.735. The van der Waals surface area contributed by atoms with Crippen molar-refractivity contribution >= 4 is 17.3 Å². The number of benzene rings is 1. The smallest absolute Gasteiger partial charge is 0.244 e. The van der Waals surface area contributed by atoms with Gasteiger partial charge >= 0.3 is 0 Å². The molecule has 2 rings (SSSR count). The van der Waals surface area contributed by atoms with Gasteiger partial charge in [-0.15, -0.1) is 0 Å². The normalized spacial score (nSPS) is 18.7. The number of morpholine rings is 1. The van der Waals surface area contributed by atoms with E-state index in [0.29, 0.717) is 36.7 Å². The molecule has 1 saturated heterocycles. The van der Waals surface area contributed by atoms with Crippen LogP contribution in [0.25, 0.3) is 0 Å². The summed E-state index contributed by atoms with van der Waals surface area (Å²) in [6, 6.07) is 6.81. The van der Waals surface area contributed by atoms with Crippen molar-refractivity contribution in [2.24, 2.45) is 0 Å². The number of carbonyl (C=O) groups excluding carboxylic acids is 1. The summed E-state index contributed by atoms with van der Waals surface area (Å²) < 4.78 is 5.34. The number of nitrogen functional groups attached to an aromatic ring is 1. The summed E-state index contributed by atoms with van der Waals surface area (Å²) in [6.07, 6.45) is 0. The molecular weight excluding hydrogens is 244 g/mol. The van der Waals surface area contributed by atoms with Crippen LogP contribution in [-0.4, -0.2) is 38.8 Å². The van der Waals surface area contributed by atoms with Crippen molar-refractivity contribution in [1.29, 1.82) is 5.26 Å². The van der Waals surface area contributed by atoms with Crippen molar-refractivity contribution in [3.05, 3.63) is 23.8 Å². The van der Waals surface area contributed by atoms with E-state index in [1.807, 2.05) is 4.90 Å². The summed E-state index contributed by atoms with van der Waals surface area (Å²) in [4.78, 5) is 13.8. The van der Waals surface area contributed by atoms with Gasteiger partial charge in [-0.1, -0.05) is 0 Å². The van der Waals surface area contributed by atoms with Crippen LogP contribution in [0.2, 0.25) is 0 Å². The lowest BCUT2D eigenvalue weighted by Gasteiger charge is -2.36. The Hall–Kier alpha value is -2.26. The zero-order valence-electron chi connectivity index (χ0n) is 10.7. The largest absolute Gasteiger partial charge is 0.399 e. The molecule has 0 bridgehead atoms. The van der Waals surface area contributed by atoms with Crippen LogP contribution >= 0.6 is 0 Å². The molecule has 0 aromatic heterocycles. The maximum absolute atomic E-state index is 11.9. The number of nitrogens with two attached hydrogens (primary N) is 1. The highest BCUT2D eigenvalue weighted by molar-refractivity contribution is 5.86. The van der Waals surface area contributed by atoms with E-state index in [2.05, 4.69) is 11.4 Å². The fourth-order valence-corrected chi connectivity index (χ4v) is 2.17. The number of nitrogens with zero attached hydrogens (tertiary/aromatic N) is 2. The van der Waals surface area contributed by atoms with Crippen LogP contribution < -0.4 is 16.0 Å². The van der Waals surface area contributed by atoms with Gasteiger partial charge in [0.2, 0.25) is 5.91 Å². The van der Waals surface area contributed by atoms with Crippen molar-refractivity contribution < 1.29 is 9.53 Å². The van der Waals surface area contributed by atoms with E-state index in [1.165, 1.54) is 0 Å². The van der Waals surface area contributed by atoms with E-state index < -0.39 is 6.04 Å². The first-order chi connectivity index (χ1) is 9.17. The first-order valence-corrected chi connectivity index (χ1v) is 6.03. The van der Waals surface area contributed by atoms with E-state index in [0.717, 1.165) is 0 Å². The fourth-order valence-electron chi connectivity index (χ4n) is 2.17. The number of carbonyl (C=O) groups is 1. The molecule has 0 aliphatic carbocycles. The van der Waals surface area contributed by atoms with Crippen molar-refractivity contribution in [3.8, 4) is 6.07 Å². The zero-order valence-corrected chi connectivity index (χ0v) is 10.7. The predicted octanol–water partition coefficient (Wildman–Crippen LogP) is 0.0917. The molecule has 1 heterocycles. The van der Waals surface area contributed by atoms with Gasteiger partial charge in [0.15, 0.2) is 0 Å². The van der Waals surface area contributed by atoms with E-state index in [4.69, 9.17) is 10.5 Å². The highest BCUT2D eigenvalue weighted by Crippen LogP contribution is 2.26. The maximum atomic E-state index is 11.9. The molecule has 0 saturated carbocycles. The zero-order chi connectivity index (χ0) is 13.8. The van der Waals surface area contributed by atoms with Gasteiger partial charge in [0.05, 0.1) is 24.5 Å². The third kappa shape index (κ3) is 2.61. The van der Waals surface area contributed by atoms with Crippen LogP contribution in [-0.2, 0) is 9.53 Å². The molecule has 1 aliphatic rings. The Morgan fingerprint density at radius 2 is 2.42 bits per heavy atom. The lowest BCUT2D eigenvalue weighted by atomic mass is 10.1. The molecule has 1 atom stereocenters.